The standard InChI is InChI=1S/C14H18N2O2.ClH/c17-14(9-15-10-4-2-1-3-5-10)16-12-8-11-6-7-13(12)18-11;/h1-5,11-13,15H,6-9H2,(H,16,17);1H. The molecule has 2 fully saturated rings. The van der Waals surface area contributed by atoms with E-state index in [1.54, 1.807) is 0 Å². The maximum absolute atomic E-state index is 11.8. The van der Waals surface area contributed by atoms with Crippen LogP contribution in [0.1, 0.15) is 19.3 Å². The van der Waals surface area contributed by atoms with Crippen LogP contribution in [0.3, 0.4) is 0 Å². The molecule has 1 amide bonds. The Morgan fingerprint density at radius 3 is 2.68 bits per heavy atom. The highest BCUT2D eigenvalue weighted by atomic mass is 35.5. The summed E-state index contributed by atoms with van der Waals surface area (Å²) >= 11 is 0. The van der Waals surface area contributed by atoms with E-state index < -0.39 is 0 Å². The maximum atomic E-state index is 11.8. The van der Waals surface area contributed by atoms with Crippen LogP contribution in [-0.4, -0.2) is 30.7 Å². The van der Waals surface area contributed by atoms with Gasteiger partial charge in [-0.2, -0.15) is 0 Å². The minimum absolute atomic E-state index is 0. The first kappa shape index (κ1) is 14.2. The lowest BCUT2D eigenvalue weighted by Gasteiger charge is -2.20. The number of para-hydroxylation sites is 1. The second kappa shape index (κ2) is 6.26. The smallest absolute Gasteiger partial charge is 0.239 e. The van der Waals surface area contributed by atoms with Crippen molar-refractivity contribution in [2.75, 3.05) is 11.9 Å². The highest BCUT2D eigenvalue weighted by Crippen LogP contribution is 2.34. The van der Waals surface area contributed by atoms with Crippen LogP contribution in [0.15, 0.2) is 30.3 Å². The Kier molecular flexibility index (Phi) is 4.66. The lowest BCUT2D eigenvalue weighted by atomic mass is 9.95. The summed E-state index contributed by atoms with van der Waals surface area (Å²) in [5.41, 5.74) is 0.969. The second-order valence-corrected chi connectivity index (χ2v) is 5.00. The molecule has 1 aromatic carbocycles. The summed E-state index contributed by atoms with van der Waals surface area (Å²) in [4.78, 5) is 11.8. The highest BCUT2D eigenvalue weighted by Gasteiger charge is 2.41. The molecule has 2 aliphatic heterocycles. The zero-order valence-electron chi connectivity index (χ0n) is 10.7. The number of amides is 1. The van der Waals surface area contributed by atoms with Crippen LogP contribution in [0.25, 0.3) is 0 Å². The molecule has 2 bridgehead atoms. The van der Waals surface area contributed by atoms with Crippen molar-refractivity contribution in [2.45, 2.75) is 37.5 Å². The van der Waals surface area contributed by atoms with Gasteiger partial charge in [0, 0.05) is 5.69 Å². The molecule has 5 heteroatoms. The predicted octanol–water partition coefficient (Wildman–Crippen LogP) is 1.96. The summed E-state index contributed by atoms with van der Waals surface area (Å²) in [5.74, 6) is 0.0417. The summed E-state index contributed by atoms with van der Waals surface area (Å²) in [5, 5.41) is 6.16. The summed E-state index contributed by atoms with van der Waals surface area (Å²) in [7, 11) is 0. The van der Waals surface area contributed by atoms with Gasteiger partial charge in [0.1, 0.15) is 0 Å². The van der Waals surface area contributed by atoms with Crippen molar-refractivity contribution in [1.82, 2.24) is 5.32 Å². The second-order valence-electron chi connectivity index (χ2n) is 5.00. The van der Waals surface area contributed by atoms with Gasteiger partial charge >= 0.3 is 0 Å². The molecule has 3 atom stereocenters. The first-order chi connectivity index (χ1) is 8.81. The van der Waals surface area contributed by atoms with Crippen molar-refractivity contribution >= 4 is 24.0 Å². The van der Waals surface area contributed by atoms with Crippen LogP contribution >= 0.6 is 12.4 Å². The quantitative estimate of drug-likeness (QED) is 0.888. The summed E-state index contributed by atoms with van der Waals surface area (Å²) in [6, 6.07) is 9.97. The van der Waals surface area contributed by atoms with Gasteiger partial charge in [-0.25, -0.2) is 0 Å². The number of carbonyl (C=O) groups is 1. The normalized spacial score (nSPS) is 27.7. The minimum Gasteiger partial charge on any atom is -0.376 e. The van der Waals surface area contributed by atoms with Gasteiger partial charge in [-0.15, -0.1) is 12.4 Å². The molecule has 0 aromatic heterocycles. The molecule has 4 nitrogen and oxygen atoms in total. The average Bonchev–Trinajstić information content (AvgIpc) is 3.00. The van der Waals surface area contributed by atoms with E-state index in [9.17, 15) is 4.79 Å². The number of fused-ring (bicyclic) bond motifs is 2. The molecule has 0 saturated carbocycles. The largest absolute Gasteiger partial charge is 0.376 e. The molecular formula is C14H19ClN2O2. The van der Waals surface area contributed by atoms with Crippen molar-refractivity contribution in [3.8, 4) is 0 Å². The van der Waals surface area contributed by atoms with E-state index in [0.717, 1.165) is 24.9 Å². The van der Waals surface area contributed by atoms with E-state index in [-0.39, 0.29) is 30.5 Å². The van der Waals surface area contributed by atoms with Crippen LogP contribution in [0.2, 0.25) is 0 Å². The number of anilines is 1. The topological polar surface area (TPSA) is 50.4 Å². The van der Waals surface area contributed by atoms with Gasteiger partial charge in [0.05, 0.1) is 24.8 Å². The third-order valence-electron chi connectivity index (χ3n) is 3.68. The van der Waals surface area contributed by atoms with Crippen molar-refractivity contribution < 1.29 is 9.53 Å². The first-order valence-electron chi connectivity index (χ1n) is 6.55. The Morgan fingerprint density at radius 2 is 2.05 bits per heavy atom. The molecule has 19 heavy (non-hydrogen) atoms. The monoisotopic (exact) mass is 282 g/mol. The number of hydrogen-bond acceptors (Lipinski definition) is 3. The van der Waals surface area contributed by atoms with Crippen molar-refractivity contribution in [1.29, 1.82) is 0 Å². The number of halogens is 1. The van der Waals surface area contributed by atoms with E-state index in [1.165, 1.54) is 0 Å². The van der Waals surface area contributed by atoms with Gasteiger partial charge in [0.2, 0.25) is 5.91 Å². The summed E-state index contributed by atoms with van der Waals surface area (Å²) < 4.78 is 5.71. The lowest BCUT2D eigenvalue weighted by molar-refractivity contribution is -0.120. The number of hydrogen-bond donors (Lipinski definition) is 2. The number of ether oxygens (including phenoxy) is 1. The first-order valence-corrected chi connectivity index (χ1v) is 6.55. The molecule has 2 aliphatic rings. The number of nitrogens with one attached hydrogen (secondary N) is 2. The fraction of sp³-hybridized carbons (Fsp3) is 0.500. The number of benzene rings is 1. The molecule has 2 saturated heterocycles. The maximum Gasteiger partial charge on any atom is 0.239 e. The van der Waals surface area contributed by atoms with Crippen LogP contribution in [0.4, 0.5) is 5.69 Å². The fourth-order valence-electron chi connectivity index (χ4n) is 2.79. The Hall–Kier alpha value is -1.26. The van der Waals surface area contributed by atoms with Gasteiger partial charge in [0.25, 0.3) is 0 Å². The molecule has 3 unspecified atom stereocenters. The van der Waals surface area contributed by atoms with Crippen LogP contribution in [0.5, 0.6) is 0 Å². The minimum atomic E-state index is 0. The third kappa shape index (κ3) is 3.39. The van der Waals surface area contributed by atoms with E-state index in [4.69, 9.17) is 4.74 Å². The Morgan fingerprint density at radius 1 is 1.26 bits per heavy atom. The Labute approximate surface area is 119 Å². The SMILES string of the molecule is Cl.O=C(CNc1ccccc1)NC1CC2CCC1O2. The van der Waals surface area contributed by atoms with Gasteiger partial charge in [-0.1, -0.05) is 18.2 Å². The molecule has 0 radical (unpaired) electrons. The number of carbonyl (C=O) groups excluding carboxylic acids is 1. The zero-order valence-corrected chi connectivity index (χ0v) is 11.5. The van der Waals surface area contributed by atoms with Gasteiger partial charge in [-0.05, 0) is 31.4 Å². The summed E-state index contributed by atoms with van der Waals surface area (Å²) in [6.45, 7) is 0.317. The van der Waals surface area contributed by atoms with Gasteiger partial charge in [0.15, 0.2) is 0 Å². The van der Waals surface area contributed by atoms with Crippen LogP contribution in [-0.2, 0) is 9.53 Å². The molecule has 104 valence electrons. The van der Waals surface area contributed by atoms with Gasteiger partial charge < -0.3 is 15.4 Å². The van der Waals surface area contributed by atoms with E-state index in [0.29, 0.717) is 12.6 Å². The van der Waals surface area contributed by atoms with Crippen LogP contribution in [0, 0.1) is 0 Å². The van der Waals surface area contributed by atoms with Crippen molar-refractivity contribution in [3.63, 3.8) is 0 Å². The molecular weight excluding hydrogens is 264 g/mol. The molecule has 1 aromatic rings. The Balaban J connectivity index is 0.00000133. The van der Waals surface area contributed by atoms with E-state index >= 15 is 0 Å². The Bertz CT molecular complexity index is 427. The molecule has 0 aliphatic carbocycles. The summed E-state index contributed by atoms with van der Waals surface area (Å²) in [6.07, 6.45) is 3.83. The van der Waals surface area contributed by atoms with Crippen molar-refractivity contribution in [2.24, 2.45) is 0 Å². The zero-order chi connectivity index (χ0) is 12.4. The van der Waals surface area contributed by atoms with E-state index in [1.807, 2.05) is 30.3 Å². The average molecular weight is 283 g/mol. The van der Waals surface area contributed by atoms with Gasteiger partial charge in [-0.3, -0.25) is 4.79 Å². The van der Waals surface area contributed by atoms with Crippen molar-refractivity contribution in [3.05, 3.63) is 30.3 Å². The predicted molar refractivity (Wildman–Crippen MR) is 76.6 cm³/mol. The molecule has 2 heterocycles. The fourth-order valence-corrected chi connectivity index (χ4v) is 2.79. The van der Waals surface area contributed by atoms with Crippen LogP contribution < -0.4 is 10.6 Å². The molecule has 0 spiro atoms. The lowest BCUT2D eigenvalue weighted by Crippen LogP contribution is -2.43. The molecule has 3 rings (SSSR count). The third-order valence-corrected chi connectivity index (χ3v) is 3.68. The number of rotatable bonds is 4. The molecule has 2 N–H and O–H groups in total. The highest BCUT2D eigenvalue weighted by molar-refractivity contribution is 5.85. The van der Waals surface area contributed by atoms with E-state index in [2.05, 4.69) is 10.6 Å².